The molecule has 4 rings (SSSR count). The molecule has 0 fully saturated rings. The van der Waals surface area contributed by atoms with Crippen molar-refractivity contribution in [3.05, 3.63) is 95.1 Å². The van der Waals surface area contributed by atoms with E-state index < -0.39 is 29.6 Å². The topological polar surface area (TPSA) is 70.6 Å². The first-order valence-corrected chi connectivity index (χ1v) is 13.1. The van der Waals surface area contributed by atoms with Crippen molar-refractivity contribution in [1.29, 1.82) is 0 Å². The lowest BCUT2D eigenvalue weighted by Gasteiger charge is -2.30. The summed E-state index contributed by atoms with van der Waals surface area (Å²) in [6.45, 7) is 7.25. The monoisotopic (exact) mass is 522 g/mol. The van der Waals surface area contributed by atoms with Gasteiger partial charge in [-0.25, -0.2) is 8.78 Å². The largest absolute Gasteiger partial charge is 0.493 e. The number of anilines is 1. The highest BCUT2D eigenvalue weighted by Gasteiger charge is 2.30. The molecule has 1 aliphatic heterocycles. The number of fused-ring (bicyclic) bond motifs is 1. The van der Waals surface area contributed by atoms with Crippen molar-refractivity contribution in [2.24, 2.45) is 11.3 Å². The fourth-order valence-corrected chi connectivity index (χ4v) is 4.93. The predicted molar refractivity (Wildman–Crippen MR) is 145 cm³/mol. The Hall–Kier alpha value is -3.29. The summed E-state index contributed by atoms with van der Waals surface area (Å²) >= 11 is 0. The first kappa shape index (κ1) is 27.7. The first-order valence-electron chi connectivity index (χ1n) is 13.1. The van der Waals surface area contributed by atoms with E-state index in [4.69, 9.17) is 4.74 Å². The maximum Gasteiger partial charge on any atom is 0.230 e. The molecule has 3 aromatic carbocycles. The Kier molecular flexibility index (Phi) is 8.80. The number of nitrogens with one attached hydrogen (secondary N) is 2. The highest BCUT2D eigenvalue weighted by molar-refractivity contribution is 5.93. The number of carbonyl (C=O) groups is 1. The number of para-hydroxylation sites is 1. The lowest BCUT2D eigenvalue weighted by atomic mass is 9.86. The number of halogens is 2. The third kappa shape index (κ3) is 7.62. The lowest BCUT2D eigenvalue weighted by molar-refractivity contribution is -0.123. The summed E-state index contributed by atoms with van der Waals surface area (Å²) in [6.07, 6.45) is 0.515. The van der Waals surface area contributed by atoms with Gasteiger partial charge in [0.05, 0.1) is 18.6 Å². The molecule has 7 heteroatoms. The van der Waals surface area contributed by atoms with Gasteiger partial charge in [-0.2, -0.15) is 0 Å². The average molecular weight is 523 g/mol. The number of ether oxygens (including phenoxy) is 1. The second-order valence-electron chi connectivity index (χ2n) is 11.2. The molecule has 0 saturated heterocycles. The van der Waals surface area contributed by atoms with Crippen LogP contribution in [-0.2, 0) is 17.6 Å². The van der Waals surface area contributed by atoms with Crippen molar-refractivity contribution in [3.8, 4) is 5.75 Å². The van der Waals surface area contributed by atoms with E-state index in [1.54, 1.807) is 24.3 Å². The van der Waals surface area contributed by atoms with E-state index in [1.165, 1.54) is 17.7 Å². The second kappa shape index (κ2) is 12.0. The van der Waals surface area contributed by atoms with Crippen molar-refractivity contribution in [2.45, 2.75) is 52.2 Å². The number of aliphatic hydroxyl groups is 1. The first-order chi connectivity index (χ1) is 18.1. The molecule has 38 heavy (non-hydrogen) atoms. The van der Waals surface area contributed by atoms with E-state index in [2.05, 4.69) is 43.5 Å². The van der Waals surface area contributed by atoms with Crippen LogP contribution in [0.2, 0.25) is 0 Å². The molecule has 0 aliphatic carbocycles. The molecule has 0 bridgehead atoms. The van der Waals surface area contributed by atoms with Crippen molar-refractivity contribution in [3.63, 3.8) is 0 Å². The summed E-state index contributed by atoms with van der Waals surface area (Å²) in [5.41, 5.74) is 3.26. The van der Waals surface area contributed by atoms with Gasteiger partial charge in [0.15, 0.2) is 0 Å². The third-order valence-electron chi connectivity index (χ3n) is 6.64. The Bertz CT molecular complexity index is 1220. The van der Waals surface area contributed by atoms with Gasteiger partial charge in [-0.1, -0.05) is 51.1 Å². The number of rotatable bonds is 9. The molecule has 3 aromatic rings. The van der Waals surface area contributed by atoms with Crippen LogP contribution < -0.4 is 15.4 Å². The molecule has 0 aromatic heterocycles. The van der Waals surface area contributed by atoms with E-state index in [-0.39, 0.29) is 24.4 Å². The number of carbonyl (C=O) groups excluding carboxylic acids is 1. The van der Waals surface area contributed by atoms with Crippen LogP contribution in [0.5, 0.6) is 5.75 Å². The number of amides is 1. The molecule has 1 amide bonds. The summed E-state index contributed by atoms with van der Waals surface area (Å²) in [5, 5.41) is 17.4. The predicted octanol–water partition coefficient (Wildman–Crippen LogP) is 5.83. The van der Waals surface area contributed by atoms with Gasteiger partial charge in [0.1, 0.15) is 17.4 Å². The third-order valence-corrected chi connectivity index (χ3v) is 6.64. The molecule has 5 nitrogen and oxygen atoms in total. The normalized spacial score (nSPS) is 16.7. The Morgan fingerprint density at radius 2 is 1.74 bits per heavy atom. The van der Waals surface area contributed by atoms with Crippen LogP contribution in [0.4, 0.5) is 14.5 Å². The van der Waals surface area contributed by atoms with Crippen LogP contribution in [-0.4, -0.2) is 30.3 Å². The molecule has 3 unspecified atom stereocenters. The van der Waals surface area contributed by atoms with Crippen molar-refractivity contribution >= 4 is 11.6 Å². The Morgan fingerprint density at radius 3 is 2.42 bits per heavy atom. The minimum atomic E-state index is -1.10. The number of benzene rings is 3. The summed E-state index contributed by atoms with van der Waals surface area (Å²) in [7, 11) is 0. The van der Waals surface area contributed by atoms with E-state index >= 15 is 0 Å². The quantitative estimate of drug-likeness (QED) is 0.331. The SMILES string of the molecule is CC(C)(C)Cc1ccc2c(c1)C(NCC(O)C(Cc1cc(F)cc(F)c1)C(=O)Nc1ccccc1)CCO2. The van der Waals surface area contributed by atoms with E-state index in [0.29, 0.717) is 24.3 Å². The fraction of sp³-hybridized carbons (Fsp3) is 0.387. The van der Waals surface area contributed by atoms with Gasteiger partial charge in [-0.05, 0) is 59.7 Å². The molecule has 3 N–H and O–H groups in total. The van der Waals surface area contributed by atoms with Crippen LogP contribution in [0.3, 0.4) is 0 Å². The van der Waals surface area contributed by atoms with Crippen molar-refractivity contribution in [1.82, 2.24) is 5.32 Å². The number of aliphatic hydroxyl groups excluding tert-OH is 1. The molecular formula is C31H36F2N2O3. The minimum Gasteiger partial charge on any atom is -0.493 e. The summed E-state index contributed by atoms with van der Waals surface area (Å²) < 4.78 is 33.6. The highest BCUT2D eigenvalue weighted by Crippen LogP contribution is 2.34. The van der Waals surface area contributed by atoms with Crippen LogP contribution in [0.1, 0.15) is 49.9 Å². The lowest BCUT2D eigenvalue weighted by Crippen LogP contribution is -2.42. The summed E-state index contributed by atoms with van der Waals surface area (Å²) in [5.74, 6) is -1.99. The van der Waals surface area contributed by atoms with Crippen LogP contribution >= 0.6 is 0 Å². The molecule has 1 heterocycles. The van der Waals surface area contributed by atoms with Gasteiger partial charge >= 0.3 is 0 Å². The Morgan fingerprint density at radius 1 is 1.03 bits per heavy atom. The molecular weight excluding hydrogens is 486 g/mol. The zero-order chi connectivity index (χ0) is 27.3. The minimum absolute atomic E-state index is 0.0176. The maximum absolute atomic E-state index is 13.9. The van der Waals surface area contributed by atoms with Gasteiger partial charge in [0.2, 0.25) is 5.91 Å². The molecule has 1 aliphatic rings. The number of hydrogen-bond acceptors (Lipinski definition) is 4. The van der Waals surface area contributed by atoms with E-state index in [0.717, 1.165) is 23.8 Å². The van der Waals surface area contributed by atoms with Gasteiger partial charge in [0, 0.05) is 36.3 Å². The average Bonchev–Trinajstić information content (AvgIpc) is 2.85. The van der Waals surface area contributed by atoms with Crippen LogP contribution in [0.15, 0.2) is 66.7 Å². The zero-order valence-corrected chi connectivity index (χ0v) is 22.1. The van der Waals surface area contributed by atoms with Crippen LogP contribution in [0.25, 0.3) is 0 Å². The zero-order valence-electron chi connectivity index (χ0n) is 22.1. The summed E-state index contributed by atoms with van der Waals surface area (Å²) in [6, 6.07) is 18.3. The molecule has 0 saturated carbocycles. The van der Waals surface area contributed by atoms with Gasteiger partial charge in [0.25, 0.3) is 0 Å². The van der Waals surface area contributed by atoms with Gasteiger partial charge < -0.3 is 20.5 Å². The maximum atomic E-state index is 13.9. The van der Waals surface area contributed by atoms with Crippen LogP contribution in [0, 0.1) is 23.0 Å². The van der Waals surface area contributed by atoms with E-state index in [1.807, 2.05) is 12.1 Å². The summed E-state index contributed by atoms with van der Waals surface area (Å²) in [4.78, 5) is 13.2. The molecule has 0 radical (unpaired) electrons. The van der Waals surface area contributed by atoms with Gasteiger partial charge in [-0.3, -0.25) is 4.79 Å². The highest BCUT2D eigenvalue weighted by atomic mass is 19.1. The Labute approximate surface area is 223 Å². The second-order valence-corrected chi connectivity index (χ2v) is 11.2. The number of hydrogen-bond donors (Lipinski definition) is 3. The standard InChI is InChI=1S/C31H36F2N2O3/c1-31(2,3)18-20-9-10-29-25(15-20)27(11-12-38-29)34-19-28(36)26(16-21-13-22(32)17-23(33)14-21)30(37)35-24-7-5-4-6-8-24/h4-10,13-15,17,26-28,34,36H,11-12,16,18-19H2,1-3H3,(H,35,37). The van der Waals surface area contributed by atoms with E-state index in [9.17, 15) is 18.7 Å². The smallest absolute Gasteiger partial charge is 0.230 e. The Balaban J connectivity index is 1.51. The fourth-order valence-electron chi connectivity index (χ4n) is 4.93. The molecule has 3 atom stereocenters. The molecule has 0 spiro atoms. The van der Waals surface area contributed by atoms with Crippen molar-refractivity contribution < 1.29 is 23.4 Å². The van der Waals surface area contributed by atoms with Gasteiger partial charge in [-0.15, -0.1) is 0 Å². The van der Waals surface area contributed by atoms with Crippen molar-refractivity contribution in [2.75, 3.05) is 18.5 Å². The molecule has 202 valence electrons.